The van der Waals surface area contributed by atoms with Crippen LogP contribution in [-0.4, -0.2) is 47.0 Å². The van der Waals surface area contributed by atoms with Crippen LogP contribution < -0.4 is 15.4 Å². The van der Waals surface area contributed by atoms with Gasteiger partial charge in [0.15, 0.2) is 5.96 Å². The predicted molar refractivity (Wildman–Crippen MR) is 116 cm³/mol. The van der Waals surface area contributed by atoms with E-state index in [-0.39, 0.29) is 0 Å². The predicted octanol–water partition coefficient (Wildman–Crippen LogP) is 2.96. The van der Waals surface area contributed by atoms with Crippen LogP contribution in [0.2, 0.25) is 0 Å². The lowest BCUT2D eigenvalue weighted by Gasteiger charge is -2.25. The molecule has 0 radical (unpaired) electrons. The van der Waals surface area contributed by atoms with Crippen molar-refractivity contribution in [3.05, 3.63) is 42.0 Å². The molecule has 1 aromatic heterocycles. The van der Waals surface area contributed by atoms with Gasteiger partial charge >= 0.3 is 0 Å². The first kappa shape index (κ1) is 21.1. The number of guanidine groups is 1. The maximum atomic E-state index is 5.23. The van der Waals surface area contributed by atoms with Crippen LogP contribution in [0.3, 0.4) is 0 Å². The van der Waals surface area contributed by atoms with Crippen molar-refractivity contribution in [3.8, 4) is 5.75 Å². The molecule has 1 aliphatic carbocycles. The molecule has 0 aliphatic heterocycles. The molecule has 29 heavy (non-hydrogen) atoms. The number of aromatic nitrogens is 3. The molecule has 7 heteroatoms. The zero-order valence-corrected chi connectivity index (χ0v) is 17.7. The van der Waals surface area contributed by atoms with Crippen LogP contribution in [0.4, 0.5) is 0 Å². The summed E-state index contributed by atoms with van der Waals surface area (Å²) in [5.41, 5.74) is 1.27. The maximum Gasteiger partial charge on any atom is 0.191 e. The maximum absolute atomic E-state index is 5.23. The molecule has 1 aromatic carbocycles. The molecule has 3 rings (SSSR count). The highest BCUT2D eigenvalue weighted by Gasteiger charge is 2.14. The van der Waals surface area contributed by atoms with E-state index in [4.69, 9.17) is 9.73 Å². The highest BCUT2D eigenvalue weighted by Crippen LogP contribution is 2.17. The average Bonchev–Trinajstić information content (AvgIpc) is 3.22. The summed E-state index contributed by atoms with van der Waals surface area (Å²) in [6.45, 7) is 4.48. The Morgan fingerprint density at radius 3 is 2.72 bits per heavy atom. The van der Waals surface area contributed by atoms with E-state index in [1.54, 1.807) is 13.4 Å². The Labute approximate surface area is 174 Å². The Balaban J connectivity index is 1.54. The number of ether oxygens (including phenoxy) is 1. The molecular weight excluding hydrogens is 364 g/mol. The van der Waals surface area contributed by atoms with Crippen LogP contribution in [0.5, 0.6) is 5.75 Å². The van der Waals surface area contributed by atoms with Gasteiger partial charge in [0.2, 0.25) is 0 Å². The Kier molecular flexibility index (Phi) is 8.34. The van der Waals surface area contributed by atoms with Gasteiger partial charge < -0.3 is 19.9 Å². The quantitative estimate of drug-likeness (QED) is 0.502. The van der Waals surface area contributed by atoms with Crippen molar-refractivity contribution in [2.45, 2.75) is 64.5 Å². The van der Waals surface area contributed by atoms with Crippen LogP contribution in [-0.2, 0) is 19.4 Å². The number of hydrogen-bond acceptors (Lipinski definition) is 4. The zero-order valence-electron chi connectivity index (χ0n) is 17.7. The molecule has 1 saturated carbocycles. The fraction of sp³-hybridized carbons (Fsp3) is 0.591. The van der Waals surface area contributed by atoms with Crippen LogP contribution in [0.15, 0.2) is 35.6 Å². The summed E-state index contributed by atoms with van der Waals surface area (Å²) in [6, 6.07) is 8.74. The number of aliphatic imine (C=N–C) groups is 1. The molecular formula is C22H34N6O. The van der Waals surface area contributed by atoms with Gasteiger partial charge in [0, 0.05) is 32.1 Å². The van der Waals surface area contributed by atoms with Crippen LogP contribution in [0.25, 0.3) is 0 Å². The van der Waals surface area contributed by atoms with E-state index >= 15 is 0 Å². The Hall–Kier alpha value is -2.57. The summed E-state index contributed by atoms with van der Waals surface area (Å²) < 4.78 is 7.33. The SMILES string of the molecule is CCc1nncn1CCNC(=NCCc1ccc(OC)cc1)NC1CCCCC1. The largest absolute Gasteiger partial charge is 0.497 e. The molecule has 0 atom stereocenters. The lowest BCUT2D eigenvalue weighted by atomic mass is 9.96. The van der Waals surface area contributed by atoms with Gasteiger partial charge in [-0.2, -0.15) is 0 Å². The summed E-state index contributed by atoms with van der Waals surface area (Å²) >= 11 is 0. The lowest BCUT2D eigenvalue weighted by Crippen LogP contribution is -2.45. The fourth-order valence-electron chi connectivity index (χ4n) is 3.72. The Morgan fingerprint density at radius 2 is 2.00 bits per heavy atom. The molecule has 0 spiro atoms. The number of benzene rings is 1. The second-order valence-corrected chi connectivity index (χ2v) is 7.53. The number of hydrogen-bond donors (Lipinski definition) is 2. The standard InChI is InChI=1S/C22H34N6O/c1-3-21-27-25-17-28(21)16-15-24-22(26-19-7-5-4-6-8-19)23-14-13-18-9-11-20(29-2)12-10-18/h9-12,17,19H,3-8,13-16H2,1-2H3,(H2,23,24,26). The van der Waals surface area contributed by atoms with E-state index in [2.05, 4.69) is 44.5 Å². The van der Waals surface area contributed by atoms with E-state index in [0.29, 0.717) is 6.04 Å². The van der Waals surface area contributed by atoms with Crippen molar-refractivity contribution in [2.24, 2.45) is 4.99 Å². The van der Waals surface area contributed by atoms with Gasteiger partial charge in [-0.1, -0.05) is 38.3 Å². The van der Waals surface area contributed by atoms with E-state index in [0.717, 1.165) is 50.0 Å². The minimum absolute atomic E-state index is 0.525. The molecule has 1 fully saturated rings. The monoisotopic (exact) mass is 398 g/mol. The first-order valence-electron chi connectivity index (χ1n) is 10.8. The third kappa shape index (κ3) is 6.76. The van der Waals surface area contributed by atoms with Crippen molar-refractivity contribution >= 4 is 5.96 Å². The van der Waals surface area contributed by atoms with Gasteiger partial charge in [0.05, 0.1) is 7.11 Å². The summed E-state index contributed by atoms with van der Waals surface area (Å²) in [5.74, 6) is 2.82. The van der Waals surface area contributed by atoms with Crippen molar-refractivity contribution in [1.82, 2.24) is 25.4 Å². The molecule has 158 valence electrons. The first-order valence-corrected chi connectivity index (χ1v) is 10.8. The van der Waals surface area contributed by atoms with Crippen molar-refractivity contribution in [1.29, 1.82) is 0 Å². The molecule has 7 nitrogen and oxygen atoms in total. The molecule has 0 unspecified atom stereocenters. The van der Waals surface area contributed by atoms with Crippen LogP contribution in [0.1, 0.15) is 50.4 Å². The summed E-state index contributed by atoms with van der Waals surface area (Å²) in [5, 5.41) is 15.3. The van der Waals surface area contributed by atoms with Gasteiger partial charge in [-0.25, -0.2) is 0 Å². The van der Waals surface area contributed by atoms with Gasteiger partial charge in [0.25, 0.3) is 0 Å². The number of aryl methyl sites for hydroxylation is 1. The van der Waals surface area contributed by atoms with Crippen LogP contribution in [0, 0.1) is 0 Å². The highest BCUT2D eigenvalue weighted by molar-refractivity contribution is 5.80. The van der Waals surface area contributed by atoms with E-state index in [9.17, 15) is 0 Å². The van der Waals surface area contributed by atoms with Gasteiger partial charge in [-0.3, -0.25) is 4.99 Å². The molecule has 0 bridgehead atoms. The summed E-state index contributed by atoms with van der Waals surface area (Å²) in [6.07, 6.45) is 10.0. The second-order valence-electron chi connectivity index (χ2n) is 7.53. The minimum atomic E-state index is 0.525. The number of nitrogens with one attached hydrogen (secondary N) is 2. The fourth-order valence-corrected chi connectivity index (χ4v) is 3.72. The van der Waals surface area contributed by atoms with Crippen LogP contribution >= 0.6 is 0 Å². The summed E-state index contributed by atoms with van der Waals surface area (Å²) in [4.78, 5) is 4.84. The third-order valence-corrected chi connectivity index (χ3v) is 5.43. The molecule has 0 saturated heterocycles. The number of rotatable bonds is 9. The normalized spacial score (nSPS) is 15.3. The third-order valence-electron chi connectivity index (χ3n) is 5.43. The van der Waals surface area contributed by atoms with Crippen molar-refractivity contribution in [2.75, 3.05) is 20.2 Å². The van der Waals surface area contributed by atoms with E-state index < -0.39 is 0 Å². The van der Waals surface area contributed by atoms with Gasteiger partial charge in [-0.15, -0.1) is 10.2 Å². The molecule has 1 aliphatic rings. The smallest absolute Gasteiger partial charge is 0.191 e. The Morgan fingerprint density at radius 1 is 1.21 bits per heavy atom. The van der Waals surface area contributed by atoms with Gasteiger partial charge in [0.1, 0.15) is 17.9 Å². The molecule has 1 heterocycles. The first-order chi connectivity index (χ1) is 14.3. The van der Waals surface area contributed by atoms with Gasteiger partial charge in [-0.05, 0) is 37.0 Å². The second kappa shape index (κ2) is 11.4. The number of nitrogens with zero attached hydrogens (tertiary/aromatic N) is 4. The average molecular weight is 399 g/mol. The summed E-state index contributed by atoms with van der Waals surface area (Å²) in [7, 11) is 1.69. The number of methoxy groups -OCH3 is 1. The highest BCUT2D eigenvalue weighted by atomic mass is 16.5. The molecule has 0 amide bonds. The van der Waals surface area contributed by atoms with E-state index in [1.165, 1.54) is 37.7 Å². The zero-order chi connectivity index (χ0) is 20.3. The van der Waals surface area contributed by atoms with E-state index in [1.807, 2.05) is 12.1 Å². The topological polar surface area (TPSA) is 76.4 Å². The minimum Gasteiger partial charge on any atom is -0.497 e. The molecule has 2 aromatic rings. The van der Waals surface area contributed by atoms with Crippen molar-refractivity contribution < 1.29 is 4.74 Å². The lowest BCUT2D eigenvalue weighted by molar-refractivity contribution is 0.409. The van der Waals surface area contributed by atoms with Crippen molar-refractivity contribution in [3.63, 3.8) is 0 Å². The molecule has 2 N–H and O–H groups in total. The Bertz CT molecular complexity index is 749.